The number of hydrogen-bond donors (Lipinski definition) is 2. The maximum absolute atomic E-state index is 13.1. The van der Waals surface area contributed by atoms with Crippen LogP contribution in [0.3, 0.4) is 0 Å². The second-order valence-corrected chi connectivity index (χ2v) is 2.43. The highest BCUT2D eigenvalue weighted by atomic mass is 19.1. The lowest BCUT2D eigenvalue weighted by Crippen LogP contribution is -2.24. The maximum Gasteiger partial charge on any atom is 0.130 e. The summed E-state index contributed by atoms with van der Waals surface area (Å²) in [5, 5.41) is 0. The Hall–Kier alpha value is -0.930. The van der Waals surface area contributed by atoms with Crippen molar-refractivity contribution in [2.24, 2.45) is 5.84 Å². The molecule has 1 aliphatic rings. The Labute approximate surface area is 65.2 Å². The Morgan fingerprint density at radius 1 is 1.73 bits per heavy atom. The molecule has 0 bridgehead atoms. The van der Waals surface area contributed by atoms with Crippen LogP contribution in [-0.4, -0.2) is 6.54 Å². The lowest BCUT2D eigenvalue weighted by molar-refractivity contribution is 0.623. The van der Waals surface area contributed by atoms with Crippen molar-refractivity contribution in [3.63, 3.8) is 0 Å². The largest absolute Gasteiger partial charge is 0.271 e. The first kappa shape index (κ1) is 8.17. The van der Waals surface area contributed by atoms with Gasteiger partial charge in [0.05, 0.1) is 0 Å². The third-order valence-corrected chi connectivity index (χ3v) is 1.57. The van der Waals surface area contributed by atoms with Gasteiger partial charge in [0.2, 0.25) is 0 Å². The summed E-state index contributed by atoms with van der Waals surface area (Å²) in [6.07, 6.45) is 4.20. The molecule has 0 fully saturated rings. The zero-order valence-corrected chi connectivity index (χ0v) is 6.23. The molecule has 1 rings (SSSR count). The number of nitrogens with one attached hydrogen (secondary N) is 1. The van der Waals surface area contributed by atoms with Crippen LogP contribution >= 0.6 is 0 Å². The molecule has 0 atom stereocenters. The fraction of sp³-hybridized carbons (Fsp3) is 0.250. The molecular weight excluding hydrogens is 143 g/mol. The summed E-state index contributed by atoms with van der Waals surface area (Å²) in [5.74, 6) is 4.82. The van der Waals surface area contributed by atoms with Crippen molar-refractivity contribution in [1.82, 2.24) is 5.43 Å². The topological polar surface area (TPSA) is 38.0 Å². The van der Waals surface area contributed by atoms with Gasteiger partial charge in [-0.3, -0.25) is 11.3 Å². The van der Waals surface area contributed by atoms with Gasteiger partial charge in [0.1, 0.15) is 5.83 Å². The summed E-state index contributed by atoms with van der Waals surface area (Å²) in [5.41, 5.74) is 3.50. The molecule has 2 nitrogen and oxygen atoms in total. The van der Waals surface area contributed by atoms with Crippen molar-refractivity contribution in [2.45, 2.75) is 6.42 Å². The highest BCUT2D eigenvalue weighted by Crippen LogP contribution is 2.23. The van der Waals surface area contributed by atoms with Crippen LogP contribution in [0.5, 0.6) is 0 Å². The number of hydrazine groups is 1. The second kappa shape index (κ2) is 3.46. The fourth-order valence-electron chi connectivity index (χ4n) is 0.980. The van der Waals surface area contributed by atoms with Crippen LogP contribution in [0.25, 0.3) is 0 Å². The molecule has 1 aliphatic carbocycles. The predicted octanol–water partition coefficient (Wildman–Crippen LogP) is 1.19. The molecule has 0 unspecified atom stereocenters. The van der Waals surface area contributed by atoms with Gasteiger partial charge < -0.3 is 0 Å². The Morgan fingerprint density at radius 3 is 3.09 bits per heavy atom. The molecule has 0 spiro atoms. The average Bonchev–Trinajstić information content (AvgIpc) is 1.99. The quantitative estimate of drug-likeness (QED) is 0.463. The van der Waals surface area contributed by atoms with Crippen LogP contribution in [0.2, 0.25) is 0 Å². The van der Waals surface area contributed by atoms with Gasteiger partial charge in [-0.2, -0.15) is 0 Å². The van der Waals surface area contributed by atoms with E-state index in [0.29, 0.717) is 24.1 Å². The van der Waals surface area contributed by atoms with Gasteiger partial charge in [0, 0.05) is 12.1 Å². The molecule has 0 aromatic rings. The third kappa shape index (κ3) is 1.76. The average molecular weight is 154 g/mol. The van der Waals surface area contributed by atoms with Crippen LogP contribution in [-0.2, 0) is 0 Å². The van der Waals surface area contributed by atoms with Crippen LogP contribution in [0, 0.1) is 0 Å². The van der Waals surface area contributed by atoms with Crippen molar-refractivity contribution in [3.8, 4) is 0 Å². The zero-order valence-electron chi connectivity index (χ0n) is 6.23. The standard InChI is InChI=1S/C8H11FN2/c1-6-3-2-4-7(5-11-10)8(6)9/h2,4,11H,1,3,5,10H2. The van der Waals surface area contributed by atoms with E-state index in [9.17, 15) is 4.39 Å². The normalized spacial score (nSPS) is 17.8. The van der Waals surface area contributed by atoms with Gasteiger partial charge in [0.25, 0.3) is 0 Å². The Balaban J connectivity index is 2.80. The van der Waals surface area contributed by atoms with Crippen LogP contribution in [0.1, 0.15) is 6.42 Å². The van der Waals surface area contributed by atoms with Crippen LogP contribution in [0.4, 0.5) is 4.39 Å². The monoisotopic (exact) mass is 154 g/mol. The molecule has 3 N–H and O–H groups in total. The van der Waals surface area contributed by atoms with E-state index < -0.39 is 0 Å². The minimum Gasteiger partial charge on any atom is -0.271 e. The van der Waals surface area contributed by atoms with E-state index in [1.807, 2.05) is 6.08 Å². The van der Waals surface area contributed by atoms with Crippen molar-refractivity contribution in [1.29, 1.82) is 0 Å². The minimum absolute atomic E-state index is 0.231. The first-order chi connectivity index (χ1) is 5.25. The lowest BCUT2D eigenvalue weighted by Gasteiger charge is -2.10. The van der Waals surface area contributed by atoms with Crippen LogP contribution < -0.4 is 11.3 Å². The highest BCUT2D eigenvalue weighted by molar-refractivity contribution is 5.40. The van der Waals surface area contributed by atoms with E-state index in [0.717, 1.165) is 0 Å². The molecule has 0 amide bonds. The van der Waals surface area contributed by atoms with Gasteiger partial charge in [-0.25, -0.2) is 4.39 Å². The zero-order chi connectivity index (χ0) is 8.27. The summed E-state index contributed by atoms with van der Waals surface area (Å²) >= 11 is 0. The fourth-order valence-corrected chi connectivity index (χ4v) is 0.980. The van der Waals surface area contributed by atoms with Gasteiger partial charge in [0.15, 0.2) is 0 Å². The maximum atomic E-state index is 13.1. The minimum atomic E-state index is -0.231. The summed E-state index contributed by atoms with van der Waals surface area (Å²) in [6, 6.07) is 0. The van der Waals surface area contributed by atoms with Crippen molar-refractivity contribution in [2.75, 3.05) is 6.54 Å². The van der Waals surface area contributed by atoms with Crippen molar-refractivity contribution in [3.05, 3.63) is 35.7 Å². The van der Waals surface area contributed by atoms with Gasteiger partial charge in [-0.15, -0.1) is 0 Å². The van der Waals surface area contributed by atoms with E-state index >= 15 is 0 Å². The van der Waals surface area contributed by atoms with E-state index in [2.05, 4.69) is 12.0 Å². The summed E-state index contributed by atoms with van der Waals surface area (Å²) in [7, 11) is 0. The summed E-state index contributed by atoms with van der Waals surface area (Å²) < 4.78 is 13.1. The number of rotatable bonds is 2. The molecule has 0 aliphatic heterocycles. The molecule has 11 heavy (non-hydrogen) atoms. The van der Waals surface area contributed by atoms with Crippen molar-refractivity contribution >= 4 is 0 Å². The number of allylic oxidation sites excluding steroid dienone is 3. The molecule has 0 heterocycles. The molecule has 0 radical (unpaired) electrons. The van der Waals surface area contributed by atoms with E-state index in [1.54, 1.807) is 6.08 Å². The van der Waals surface area contributed by atoms with E-state index in [-0.39, 0.29) is 5.83 Å². The highest BCUT2D eigenvalue weighted by Gasteiger charge is 2.09. The molecule has 3 heteroatoms. The smallest absolute Gasteiger partial charge is 0.130 e. The van der Waals surface area contributed by atoms with E-state index in [4.69, 9.17) is 5.84 Å². The molecule has 0 aromatic carbocycles. The van der Waals surface area contributed by atoms with Gasteiger partial charge >= 0.3 is 0 Å². The Morgan fingerprint density at radius 2 is 2.45 bits per heavy atom. The SMILES string of the molecule is C=C1CC=CC(CNN)=C1F. The van der Waals surface area contributed by atoms with Crippen LogP contribution in [0.15, 0.2) is 35.7 Å². The summed E-state index contributed by atoms with van der Waals surface area (Å²) in [6.45, 7) is 3.92. The molecule has 60 valence electrons. The Kier molecular flexibility index (Phi) is 2.57. The summed E-state index contributed by atoms with van der Waals surface area (Å²) in [4.78, 5) is 0. The molecule has 0 aromatic heterocycles. The Bertz CT molecular complexity index is 228. The van der Waals surface area contributed by atoms with Gasteiger partial charge in [-0.05, 0) is 12.0 Å². The number of nitrogens with two attached hydrogens (primary N) is 1. The number of hydrogen-bond acceptors (Lipinski definition) is 2. The molecule has 0 saturated heterocycles. The number of halogens is 1. The molecular formula is C8H11FN2. The third-order valence-electron chi connectivity index (χ3n) is 1.57. The van der Waals surface area contributed by atoms with Crippen molar-refractivity contribution < 1.29 is 4.39 Å². The van der Waals surface area contributed by atoms with E-state index in [1.165, 1.54) is 0 Å². The predicted molar refractivity (Wildman–Crippen MR) is 43.2 cm³/mol. The lowest BCUT2D eigenvalue weighted by atomic mass is 10.0. The van der Waals surface area contributed by atoms with Gasteiger partial charge in [-0.1, -0.05) is 18.7 Å². The first-order valence-electron chi connectivity index (χ1n) is 3.42. The second-order valence-electron chi connectivity index (χ2n) is 2.43. The first-order valence-corrected chi connectivity index (χ1v) is 3.42. The molecule has 0 saturated carbocycles.